The largest absolute Gasteiger partial charge is 0.416 e. The Kier molecular flexibility index (Phi) is 4.60. The van der Waals surface area contributed by atoms with E-state index >= 15 is 0 Å². The minimum absolute atomic E-state index is 0. The Labute approximate surface area is 104 Å². The molecule has 1 aliphatic heterocycles. The lowest BCUT2D eigenvalue weighted by atomic mass is 10.00. The lowest BCUT2D eigenvalue weighted by Crippen LogP contribution is -2.21. The smallest absolute Gasteiger partial charge is 0.312 e. The summed E-state index contributed by atoms with van der Waals surface area (Å²) >= 11 is 0. The highest BCUT2D eigenvalue weighted by molar-refractivity contribution is 5.85. The number of halogens is 4. The van der Waals surface area contributed by atoms with Crippen LogP contribution in [-0.4, -0.2) is 13.1 Å². The van der Waals surface area contributed by atoms with Crippen molar-refractivity contribution < 1.29 is 13.2 Å². The fraction of sp³-hybridized carbons (Fsp3) is 0.333. The number of nitrogens with one attached hydrogen (secondary N) is 1. The van der Waals surface area contributed by atoms with E-state index in [9.17, 15) is 13.2 Å². The van der Waals surface area contributed by atoms with Crippen LogP contribution in [0.4, 0.5) is 13.2 Å². The van der Waals surface area contributed by atoms with Crippen molar-refractivity contribution in [2.24, 2.45) is 0 Å². The lowest BCUT2D eigenvalue weighted by molar-refractivity contribution is -0.137. The minimum atomic E-state index is -4.27. The van der Waals surface area contributed by atoms with E-state index in [1.54, 1.807) is 6.07 Å². The second-order valence-electron chi connectivity index (χ2n) is 3.77. The fourth-order valence-electron chi connectivity index (χ4n) is 1.76. The van der Waals surface area contributed by atoms with Crippen LogP contribution >= 0.6 is 12.4 Å². The Hall–Kier alpha value is -1.00. The molecule has 0 saturated heterocycles. The van der Waals surface area contributed by atoms with Crippen molar-refractivity contribution in [1.29, 1.82) is 0 Å². The topological polar surface area (TPSA) is 12.0 Å². The molecule has 0 saturated carbocycles. The quantitative estimate of drug-likeness (QED) is 0.818. The molecule has 0 unspecified atom stereocenters. The van der Waals surface area contributed by atoms with E-state index in [1.807, 2.05) is 6.08 Å². The first-order chi connectivity index (χ1) is 7.57. The molecule has 0 aliphatic carbocycles. The van der Waals surface area contributed by atoms with Crippen molar-refractivity contribution in [1.82, 2.24) is 5.32 Å². The van der Waals surface area contributed by atoms with Crippen molar-refractivity contribution in [2.75, 3.05) is 13.1 Å². The van der Waals surface area contributed by atoms with Crippen LogP contribution in [0.3, 0.4) is 0 Å². The van der Waals surface area contributed by atoms with Gasteiger partial charge in [0, 0.05) is 6.54 Å². The first kappa shape index (κ1) is 14.1. The van der Waals surface area contributed by atoms with Crippen LogP contribution in [0, 0.1) is 0 Å². The predicted octanol–water partition coefficient (Wildman–Crippen LogP) is 3.50. The summed E-state index contributed by atoms with van der Waals surface area (Å²) < 4.78 is 37.5. The van der Waals surface area contributed by atoms with Gasteiger partial charge in [-0.25, -0.2) is 0 Å². The third-order valence-electron chi connectivity index (χ3n) is 2.59. The van der Waals surface area contributed by atoms with E-state index in [0.717, 1.165) is 24.6 Å². The molecule has 1 N–H and O–H groups in total. The summed E-state index contributed by atoms with van der Waals surface area (Å²) in [4.78, 5) is 0. The van der Waals surface area contributed by atoms with Gasteiger partial charge in [-0.05, 0) is 36.2 Å². The Morgan fingerprint density at radius 2 is 1.94 bits per heavy atom. The van der Waals surface area contributed by atoms with Crippen molar-refractivity contribution in [3.05, 3.63) is 41.5 Å². The number of alkyl halides is 3. The Balaban J connectivity index is 0.00000144. The number of benzene rings is 1. The lowest BCUT2D eigenvalue weighted by Gasteiger charge is -2.15. The van der Waals surface area contributed by atoms with E-state index in [-0.39, 0.29) is 12.4 Å². The molecule has 0 amide bonds. The van der Waals surface area contributed by atoms with Gasteiger partial charge < -0.3 is 5.32 Å². The van der Waals surface area contributed by atoms with E-state index in [2.05, 4.69) is 5.32 Å². The van der Waals surface area contributed by atoms with Gasteiger partial charge in [-0.3, -0.25) is 0 Å². The fourth-order valence-corrected chi connectivity index (χ4v) is 1.76. The third kappa shape index (κ3) is 3.48. The predicted molar refractivity (Wildman–Crippen MR) is 64.2 cm³/mol. The summed E-state index contributed by atoms with van der Waals surface area (Å²) in [5.41, 5.74) is 1.01. The van der Waals surface area contributed by atoms with Crippen LogP contribution in [0.2, 0.25) is 0 Å². The van der Waals surface area contributed by atoms with Gasteiger partial charge >= 0.3 is 6.18 Å². The van der Waals surface area contributed by atoms with Gasteiger partial charge in [-0.1, -0.05) is 18.2 Å². The SMILES string of the molecule is Cl.FC(F)(F)c1cccc(C2=CCCNC2)c1. The molecule has 0 aromatic heterocycles. The molecule has 0 atom stereocenters. The first-order valence-corrected chi connectivity index (χ1v) is 5.15. The van der Waals surface area contributed by atoms with E-state index < -0.39 is 11.7 Å². The molecule has 0 fully saturated rings. The summed E-state index contributed by atoms with van der Waals surface area (Å²) in [5.74, 6) is 0. The molecule has 17 heavy (non-hydrogen) atoms. The van der Waals surface area contributed by atoms with E-state index in [4.69, 9.17) is 0 Å². The molecule has 1 aromatic carbocycles. The van der Waals surface area contributed by atoms with Gasteiger partial charge in [0.25, 0.3) is 0 Å². The molecule has 1 nitrogen and oxygen atoms in total. The summed E-state index contributed by atoms with van der Waals surface area (Å²) in [7, 11) is 0. The number of hydrogen-bond donors (Lipinski definition) is 1. The van der Waals surface area contributed by atoms with Gasteiger partial charge in [-0.15, -0.1) is 12.4 Å². The van der Waals surface area contributed by atoms with Gasteiger partial charge in [0.2, 0.25) is 0 Å². The monoisotopic (exact) mass is 263 g/mol. The highest BCUT2D eigenvalue weighted by atomic mass is 35.5. The maximum absolute atomic E-state index is 12.5. The standard InChI is InChI=1S/C12H12F3N.ClH/c13-12(14,15)11-5-1-3-9(7-11)10-4-2-6-16-8-10;/h1,3-5,7,16H,2,6,8H2;1H. The average Bonchev–Trinajstić information content (AvgIpc) is 2.29. The van der Waals surface area contributed by atoms with Crippen molar-refractivity contribution in [2.45, 2.75) is 12.6 Å². The Morgan fingerprint density at radius 1 is 1.18 bits per heavy atom. The number of rotatable bonds is 1. The maximum Gasteiger partial charge on any atom is 0.416 e. The molecule has 0 radical (unpaired) electrons. The van der Waals surface area contributed by atoms with Crippen molar-refractivity contribution in [3.8, 4) is 0 Å². The van der Waals surface area contributed by atoms with Gasteiger partial charge in [0.1, 0.15) is 0 Å². The molecule has 5 heteroatoms. The van der Waals surface area contributed by atoms with E-state index in [1.165, 1.54) is 12.1 Å². The van der Waals surface area contributed by atoms with Gasteiger partial charge in [0.05, 0.1) is 5.56 Å². The van der Waals surface area contributed by atoms with Crippen molar-refractivity contribution >= 4 is 18.0 Å². The summed E-state index contributed by atoms with van der Waals surface area (Å²) in [5, 5.41) is 3.14. The normalized spacial score (nSPS) is 16.1. The molecule has 0 spiro atoms. The molecule has 1 aromatic rings. The highest BCUT2D eigenvalue weighted by Gasteiger charge is 2.30. The summed E-state index contributed by atoms with van der Waals surface area (Å²) in [6.45, 7) is 1.53. The van der Waals surface area contributed by atoms with E-state index in [0.29, 0.717) is 12.1 Å². The van der Waals surface area contributed by atoms with Crippen LogP contribution in [0.15, 0.2) is 30.3 Å². The van der Waals surface area contributed by atoms with Crippen LogP contribution in [0.25, 0.3) is 5.57 Å². The van der Waals surface area contributed by atoms with Crippen LogP contribution in [-0.2, 0) is 6.18 Å². The Bertz CT molecular complexity index is 412. The third-order valence-corrected chi connectivity index (χ3v) is 2.59. The molecule has 1 heterocycles. The maximum atomic E-state index is 12.5. The Morgan fingerprint density at radius 3 is 2.53 bits per heavy atom. The molecule has 2 rings (SSSR count). The second kappa shape index (κ2) is 5.56. The zero-order valence-electron chi connectivity index (χ0n) is 9.05. The van der Waals surface area contributed by atoms with Gasteiger partial charge in [0.15, 0.2) is 0 Å². The average molecular weight is 264 g/mol. The first-order valence-electron chi connectivity index (χ1n) is 5.15. The molecule has 0 bridgehead atoms. The molecular weight excluding hydrogens is 251 g/mol. The van der Waals surface area contributed by atoms with Crippen LogP contribution in [0.5, 0.6) is 0 Å². The van der Waals surface area contributed by atoms with Crippen LogP contribution in [0.1, 0.15) is 17.5 Å². The minimum Gasteiger partial charge on any atom is -0.312 e. The second-order valence-corrected chi connectivity index (χ2v) is 3.77. The number of hydrogen-bond acceptors (Lipinski definition) is 1. The zero-order chi connectivity index (χ0) is 11.6. The summed E-state index contributed by atoms with van der Waals surface area (Å²) in [6.07, 6.45) is -1.41. The summed E-state index contributed by atoms with van der Waals surface area (Å²) in [6, 6.07) is 5.47. The van der Waals surface area contributed by atoms with Crippen LogP contribution < -0.4 is 5.32 Å². The van der Waals surface area contributed by atoms with Gasteiger partial charge in [-0.2, -0.15) is 13.2 Å². The zero-order valence-corrected chi connectivity index (χ0v) is 9.87. The molecule has 1 aliphatic rings. The molecule has 94 valence electrons. The highest BCUT2D eigenvalue weighted by Crippen LogP contribution is 2.31. The molecular formula is C12H13ClF3N. The van der Waals surface area contributed by atoms with Crippen molar-refractivity contribution in [3.63, 3.8) is 0 Å².